The van der Waals surface area contributed by atoms with Crippen LogP contribution in [0.5, 0.6) is 0 Å². The Balaban J connectivity index is 2.19. The molecule has 13 heavy (non-hydrogen) atoms. The zero-order valence-corrected chi connectivity index (χ0v) is 9.28. The number of likely N-dealkylation sites (N-methyl/N-ethyl adjacent to an activating group) is 1. The van der Waals surface area contributed by atoms with E-state index in [1.807, 2.05) is 11.3 Å². The summed E-state index contributed by atoms with van der Waals surface area (Å²) in [4.78, 5) is 5.72. The predicted molar refractivity (Wildman–Crippen MR) is 58.4 cm³/mol. The van der Waals surface area contributed by atoms with E-state index in [1.54, 1.807) is 15.3 Å². The van der Waals surface area contributed by atoms with Crippen LogP contribution >= 0.6 is 11.3 Å². The van der Waals surface area contributed by atoms with Crippen molar-refractivity contribution >= 4 is 11.3 Å². The van der Waals surface area contributed by atoms with Gasteiger partial charge in [-0.15, -0.1) is 11.3 Å². The number of hydrogen-bond donors (Lipinski definition) is 0. The van der Waals surface area contributed by atoms with Gasteiger partial charge < -0.3 is 0 Å². The Kier molecular flexibility index (Phi) is 2.70. The molecule has 0 spiro atoms. The van der Waals surface area contributed by atoms with Crippen LogP contribution < -0.4 is 0 Å². The predicted octanol–water partition coefficient (Wildman–Crippen LogP) is 2.69. The molecule has 0 bridgehead atoms. The van der Waals surface area contributed by atoms with Gasteiger partial charge in [0.1, 0.15) is 0 Å². The van der Waals surface area contributed by atoms with Crippen molar-refractivity contribution in [2.45, 2.75) is 33.2 Å². The number of aryl methyl sites for hydroxylation is 1. The van der Waals surface area contributed by atoms with Gasteiger partial charge in [0.15, 0.2) is 0 Å². The standard InChI is InChI=1S/C11H17NS/c1-3-10-7-9-8-12(4-2)6-5-11(9)13-10/h7H,3-6,8H2,1-2H3. The van der Waals surface area contributed by atoms with E-state index < -0.39 is 0 Å². The lowest BCUT2D eigenvalue weighted by Crippen LogP contribution is -2.29. The van der Waals surface area contributed by atoms with Gasteiger partial charge in [0.05, 0.1) is 0 Å². The number of nitrogens with zero attached hydrogens (tertiary/aromatic N) is 1. The summed E-state index contributed by atoms with van der Waals surface area (Å²) >= 11 is 2.02. The summed E-state index contributed by atoms with van der Waals surface area (Å²) in [5.41, 5.74) is 1.59. The number of thiophene rings is 1. The molecule has 1 aliphatic rings. The monoisotopic (exact) mass is 195 g/mol. The lowest BCUT2D eigenvalue weighted by molar-refractivity contribution is 0.270. The van der Waals surface area contributed by atoms with E-state index >= 15 is 0 Å². The molecular weight excluding hydrogens is 178 g/mol. The van der Waals surface area contributed by atoms with Crippen molar-refractivity contribution < 1.29 is 0 Å². The zero-order chi connectivity index (χ0) is 9.26. The van der Waals surface area contributed by atoms with E-state index in [2.05, 4.69) is 24.8 Å². The Hall–Kier alpha value is -0.340. The van der Waals surface area contributed by atoms with E-state index in [0.29, 0.717) is 0 Å². The number of fused-ring (bicyclic) bond motifs is 1. The summed E-state index contributed by atoms with van der Waals surface area (Å²) < 4.78 is 0. The third-order valence-corrected chi connectivity index (χ3v) is 4.17. The second kappa shape index (κ2) is 3.81. The maximum Gasteiger partial charge on any atom is 0.0244 e. The van der Waals surface area contributed by atoms with Crippen molar-refractivity contribution in [2.75, 3.05) is 13.1 Å². The first-order valence-electron chi connectivity index (χ1n) is 5.16. The molecule has 1 aliphatic heterocycles. The van der Waals surface area contributed by atoms with E-state index in [4.69, 9.17) is 0 Å². The molecule has 1 aromatic heterocycles. The third-order valence-electron chi connectivity index (χ3n) is 2.79. The number of hydrogen-bond acceptors (Lipinski definition) is 2. The molecule has 0 atom stereocenters. The average molecular weight is 195 g/mol. The molecule has 72 valence electrons. The first-order chi connectivity index (χ1) is 6.33. The summed E-state index contributed by atoms with van der Waals surface area (Å²) in [6, 6.07) is 2.40. The van der Waals surface area contributed by atoms with Crippen LogP contribution in [0, 0.1) is 0 Å². The molecule has 1 aromatic rings. The second-order valence-electron chi connectivity index (χ2n) is 3.63. The molecule has 0 saturated heterocycles. The van der Waals surface area contributed by atoms with Crippen LogP contribution in [0.4, 0.5) is 0 Å². The lowest BCUT2D eigenvalue weighted by Gasteiger charge is -2.24. The summed E-state index contributed by atoms with van der Waals surface area (Å²) in [5.74, 6) is 0. The van der Waals surface area contributed by atoms with Crippen molar-refractivity contribution in [3.8, 4) is 0 Å². The van der Waals surface area contributed by atoms with Gasteiger partial charge in [-0.25, -0.2) is 0 Å². The van der Waals surface area contributed by atoms with Crippen molar-refractivity contribution in [3.63, 3.8) is 0 Å². The third kappa shape index (κ3) is 1.79. The molecule has 2 heteroatoms. The summed E-state index contributed by atoms with van der Waals surface area (Å²) in [6.07, 6.45) is 2.47. The minimum absolute atomic E-state index is 1.18. The van der Waals surface area contributed by atoms with E-state index in [-0.39, 0.29) is 0 Å². The van der Waals surface area contributed by atoms with Gasteiger partial charge in [0.25, 0.3) is 0 Å². The van der Waals surface area contributed by atoms with Crippen molar-refractivity contribution in [1.82, 2.24) is 4.90 Å². The maximum atomic E-state index is 2.52. The Bertz CT molecular complexity index is 290. The highest BCUT2D eigenvalue weighted by molar-refractivity contribution is 7.12. The van der Waals surface area contributed by atoms with Gasteiger partial charge >= 0.3 is 0 Å². The summed E-state index contributed by atoms with van der Waals surface area (Å²) in [5, 5.41) is 0. The quantitative estimate of drug-likeness (QED) is 0.701. The highest BCUT2D eigenvalue weighted by Crippen LogP contribution is 2.28. The normalized spacial score (nSPS) is 17.4. The number of rotatable bonds is 2. The molecular formula is C11H17NS. The van der Waals surface area contributed by atoms with E-state index in [1.165, 1.54) is 32.5 Å². The van der Waals surface area contributed by atoms with E-state index in [9.17, 15) is 0 Å². The van der Waals surface area contributed by atoms with Crippen LogP contribution in [0.1, 0.15) is 29.2 Å². The van der Waals surface area contributed by atoms with Crippen LogP contribution in [0.2, 0.25) is 0 Å². The Labute approximate surface area is 84.4 Å². The van der Waals surface area contributed by atoms with Gasteiger partial charge in [0.2, 0.25) is 0 Å². The molecule has 0 aliphatic carbocycles. The van der Waals surface area contributed by atoms with Crippen LogP contribution in [-0.4, -0.2) is 18.0 Å². The minimum atomic E-state index is 1.18. The van der Waals surface area contributed by atoms with Crippen LogP contribution in [-0.2, 0) is 19.4 Å². The second-order valence-corrected chi connectivity index (χ2v) is 4.85. The van der Waals surface area contributed by atoms with Gasteiger partial charge in [0, 0.05) is 22.8 Å². The summed E-state index contributed by atoms with van der Waals surface area (Å²) in [7, 11) is 0. The Morgan fingerprint density at radius 2 is 2.31 bits per heavy atom. The average Bonchev–Trinajstić information content (AvgIpc) is 2.58. The molecule has 0 amide bonds. The Morgan fingerprint density at radius 1 is 1.46 bits per heavy atom. The van der Waals surface area contributed by atoms with Crippen molar-refractivity contribution in [1.29, 1.82) is 0 Å². The SMILES string of the molecule is CCc1cc2c(s1)CCN(CC)C2. The van der Waals surface area contributed by atoms with Gasteiger partial charge in [-0.05, 0) is 31.0 Å². The minimum Gasteiger partial charge on any atom is -0.299 e. The molecule has 2 rings (SSSR count). The molecule has 0 radical (unpaired) electrons. The largest absolute Gasteiger partial charge is 0.299 e. The molecule has 0 aromatic carbocycles. The summed E-state index contributed by atoms with van der Waals surface area (Å²) in [6.45, 7) is 8.12. The Morgan fingerprint density at radius 3 is 3.00 bits per heavy atom. The van der Waals surface area contributed by atoms with Gasteiger partial charge in [-0.2, -0.15) is 0 Å². The smallest absolute Gasteiger partial charge is 0.0244 e. The fourth-order valence-electron chi connectivity index (χ4n) is 1.90. The molecule has 0 N–H and O–H groups in total. The molecule has 0 saturated carbocycles. The highest BCUT2D eigenvalue weighted by atomic mass is 32.1. The van der Waals surface area contributed by atoms with E-state index in [0.717, 1.165) is 0 Å². The first-order valence-corrected chi connectivity index (χ1v) is 5.98. The van der Waals surface area contributed by atoms with Gasteiger partial charge in [-0.1, -0.05) is 13.8 Å². The highest BCUT2D eigenvalue weighted by Gasteiger charge is 2.16. The molecule has 0 unspecified atom stereocenters. The van der Waals surface area contributed by atoms with Crippen LogP contribution in [0.15, 0.2) is 6.07 Å². The molecule has 2 heterocycles. The maximum absolute atomic E-state index is 2.52. The fraction of sp³-hybridized carbons (Fsp3) is 0.636. The van der Waals surface area contributed by atoms with Crippen LogP contribution in [0.3, 0.4) is 0 Å². The van der Waals surface area contributed by atoms with Crippen molar-refractivity contribution in [3.05, 3.63) is 21.4 Å². The first kappa shape index (κ1) is 9.22. The topological polar surface area (TPSA) is 3.24 Å². The zero-order valence-electron chi connectivity index (χ0n) is 8.47. The van der Waals surface area contributed by atoms with Gasteiger partial charge in [-0.3, -0.25) is 4.90 Å². The van der Waals surface area contributed by atoms with Crippen LogP contribution in [0.25, 0.3) is 0 Å². The molecule has 1 nitrogen and oxygen atoms in total. The molecule has 0 fully saturated rings. The van der Waals surface area contributed by atoms with Crippen molar-refractivity contribution in [2.24, 2.45) is 0 Å². The fourth-order valence-corrected chi connectivity index (χ4v) is 3.01. The lowest BCUT2D eigenvalue weighted by atomic mass is 10.1.